The van der Waals surface area contributed by atoms with Crippen molar-refractivity contribution in [3.63, 3.8) is 0 Å². The summed E-state index contributed by atoms with van der Waals surface area (Å²) in [5, 5.41) is 4.76. The molecule has 0 spiro atoms. The first-order valence-corrected chi connectivity index (χ1v) is 11.4. The highest BCUT2D eigenvalue weighted by Gasteiger charge is 2.15. The van der Waals surface area contributed by atoms with Crippen molar-refractivity contribution in [2.75, 3.05) is 5.32 Å². The van der Waals surface area contributed by atoms with Crippen LogP contribution in [0.15, 0.2) is 77.2 Å². The molecule has 0 aliphatic rings. The number of furan rings is 1. The number of fused-ring (bicyclic) bond motifs is 1. The minimum atomic E-state index is -0.327. The molecule has 3 aromatic carbocycles. The lowest BCUT2D eigenvalue weighted by atomic mass is 10.1. The molecule has 0 fully saturated rings. The maximum absolute atomic E-state index is 12.7. The van der Waals surface area contributed by atoms with E-state index < -0.39 is 0 Å². The van der Waals surface area contributed by atoms with Crippen LogP contribution in [0.5, 0.6) is 0 Å². The van der Waals surface area contributed by atoms with Crippen LogP contribution in [0.4, 0.5) is 5.69 Å². The van der Waals surface area contributed by atoms with Crippen LogP contribution in [0.1, 0.15) is 16.1 Å². The molecule has 0 aliphatic carbocycles. The summed E-state index contributed by atoms with van der Waals surface area (Å²) in [5.74, 6) is 0.421. The molecular formula is C25H16Cl2N2O2S. The number of aryl methyl sites for hydroxylation is 1. The molecule has 0 saturated heterocycles. The van der Waals surface area contributed by atoms with Gasteiger partial charge in [-0.3, -0.25) is 4.79 Å². The molecule has 0 saturated carbocycles. The lowest BCUT2D eigenvalue weighted by molar-refractivity contribution is 0.0997. The van der Waals surface area contributed by atoms with Crippen LogP contribution in [0.25, 0.3) is 32.1 Å². The Morgan fingerprint density at radius 2 is 1.75 bits per heavy atom. The van der Waals surface area contributed by atoms with Gasteiger partial charge in [-0.25, -0.2) is 4.98 Å². The summed E-state index contributed by atoms with van der Waals surface area (Å²) in [5.41, 5.74) is 4.40. The first kappa shape index (κ1) is 20.8. The molecule has 0 aliphatic heterocycles. The number of amides is 1. The molecule has 0 radical (unpaired) electrons. The minimum Gasteiger partial charge on any atom is -0.451 e. The Hall–Kier alpha value is -3.12. The lowest BCUT2D eigenvalue weighted by Crippen LogP contribution is -2.11. The standard InChI is InChI=1S/C25H16Cl2N2O2S/c1-14-12-16(25-29-20-4-2-3-5-23(20)32-25)7-9-19(14)28-24(30)22-11-10-21(31-22)15-6-8-17(26)18(27)13-15/h2-13H,1H3,(H,28,30). The van der Waals surface area contributed by atoms with E-state index in [2.05, 4.69) is 11.4 Å². The largest absolute Gasteiger partial charge is 0.451 e. The second-order valence-corrected chi connectivity index (χ2v) is 9.11. The molecule has 0 bridgehead atoms. The van der Waals surface area contributed by atoms with E-state index in [4.69, 9.17) is 32.6 Å². The molecule has 158 valence electrons. The van der Waals surface area contributed by atoms with Gasteiger partial charge < -0.3 is 9.73 Å². The summed E-state index contributed by atoms with van der Waals surface area (Å²) in [7, 11) is 0. The number of benzene rings is 3. The van der Waals surface area contributed by atoms with E-state index in [0.29, 0.717) is 21.5 Å². The van der Waals surface area contributed by atoms with E-state index in [-0.39, 0.29) is 11.7 Å². The third-order valence-corrected chi connectivity index (χ3v) is 6.87. The van der Waals surface area contributed by atoms with Crippen molar-refractivity contribution in [3.8, 4) is 21.9 Å². The number of hydrogen-bond donors (Lipinski definition) is 1. The van der Waals surface area contributed by atoms with Crippen molar-refractivity contribution in [1.82, 2.24) is 4.98 Å². The quantitative estimate of drug-likeness (QED) is 0.283. The predicted octanol–water partition coefficient (Wildman–Crippen LogP) is 8.09. The van der Waals surface area contributed by atoms with Crippen LogP contribution in [-0.4, -0.2) is 10.9 Å². The van der Waals surface area contributed by atoms with Gasteiger partial charge in [0.05, 0.1) is 20.3 Å². The van der Waals surface area contributed by atoms with Gasteiger partial charge >= 0.3 is 0 Å². The summed E-state index contributed by atoms with van der Waals surface area (Å²) in [6, 6.07) is 22.5. The Bertz CT molecular complexity index is 1440. The maximum Gasteiger partial charge on any atom is 0.291 e. The fourth-order valence-corrected chi connectivity index (χ4v) is 4.64. The number of para-hydroxylation sites is 1. The van der Waals surface area contributed by atoms with Crippen LogP contribution >= 0.6 is 34.5 Å². The van der Waals surface area contributed by atoms with E-state index in [1.165, 1.54) is 0 Å². The van der Waals surface area contributed by atoms with E-state index in [0.717, 1.165) is 31.9 Å². The van der Waals surface area contributed by atoms with Gasteiger partial charge in [-0.1, -0.05) is 35.3 Å². The smallest absolute Gasteiger partial charge is 0.291 e. The van der Waals surface area contributed by atoms with Crippen molar-refractivity contribution in [2.45, 2.75) is 6.92 Å². The van der Waals surface area contributed by atoms with Gasteiger partial charge in [0.25, 0.3) is 5.91 Å². The van der Waals surface area contributed by atoms with Crippen molar-refractivity contribution in [2.24, 2.45) is 0 Å². The van der Waals surface area contributed by atoms with Gasteiger partial charge in [-0.2, -0.15) is 0 Å². The van der Waals surface area contributed by atoms with Crippen LogP contribution in [-0.2, 0) is 0 Å². The highest BCUT2D eigenvalue weighted by Crippen LogP contribution is 2.33. The normalized spacial score (nSPS) is 11.1. The molecule has 4 nitrogen and oxygen atoms in total. The molecule has 7 heteroatoms. The van der Waals surface area contributed by atoms with Gasteiger partial charge in [-0.15, -0.1) is 11.3 Å². The molecule has 2 heterocycles. The van der Waals surface area contributed by atoms with E-state index in [1.807, 2.05) is 43.3 Å². The monoisotopic (exact) mass is 478 g/mol. The number of halogens is 2. The average molecular weight is 479 g/mol. The second kappa shape index (κ2) is 8.43. The zero-order valence-corrected chi connectivity index (χ0v) is 19.2. The molecule has 0 unspecified atom stereocenters. The first-order chi connectivity index (χ1) is 15.5. The zero-order valence-electron chi connectivity index (χ0n) is 16.9. The van der Waals surface area contributed by atoms with Crippen molar-refractivity contribution in [3.05, 3.63) is 94.2 Å². The summed E-state index contributed by atoms with van der Waals surface area (Å²) in [6.07, 6.45) is 0. The first-order valence-electron chi connectivity index (χ1n) is 9.81. The summed E-state index contributed by atoms with van der Waals surface area (Å²) < 4.78 is 6.89. The van der Waals surface area contributed by atoms with Gasteiger partial charge in [0, 0.05) is 16.8 Å². The number of thiazole rings is 1. The third-order valence-electron chi connectivity index (χ3n) is 5.05. The molecule has 32 heavy (non-hydrogen) atoms. The molecule has 5 aromatic rings. The van der Waals surface area contributed by atoms with Crippen LogP contribution in [0.3, 0.4) is 0 Å². The minimum absolute atomic E-state index is 0.209. The Balaban J connectivity index is 1.35. The maximum atomic E-state index is 12.7. The molecule has 5 rings (SSSR count). The van der Waals surface area contributed by atoms with E-state index in [9.17, 15) is 4.79 Å². The number of carbonyl (C=O) groups excluding carboxylic acids is 1. The fourth-order valence-electron chi connectivity index (χ4n) is 3.38. The van der Waals surface area contributed by atoms with Gasteiger partial charge in [0.15, 0.2) is 5.76 Å². The van der Waals surface area contributed by atoms with Crippen molar-refractivity contribution < 1.29 is 9.21 Å². The highest BCUT2D eigenvalue weighted by molar-refractivity contribution is 7.21. The average Bonchev–Trinajstić information content (AvgIpc) is 3.44. The Labute approximate surface area is 198 Å². The molecular weight excluding hydrogens is 463 g/mol. The van der Waals surface area contributed by atoms with Crippen molar-refractivity contribution in [1.29, 1.82) is 0 Å². The summed E-state index contributed by atoms with van der Waals surface area (Å²) in [4.78, 5) is 17.4. The SMILES string of the molecule is Cc1cc(-c2nc3ccccc3s2)ccc1NC(=O)c1ccc(-c2ccc(Cl)c(Cl)c2)o1. The van der Waals surface area contributed by atoms with Gasteiger partial charge in [0.2, 0.25) is 0 Å². The van der Waals surface area contributed by atoms with Crippen LogP contribution in [0.2, 0.25) is 10.0 Å². The number of hydrogen-bond acceptors (Lipinski definition) is 4. The predicted molar refractivity (Wildman–Crippen MR) is 132 cm³/mol. The Kier molecular flexibility index (Phi) is 5.47. The number of aromatic nitrogens is 1. The lowest BCUT2D eigenvalue weighted by Gasteiger charge is -2.08. The Morgan fingerprint density at radius 1 is 0.938 bits per heavy atom. The van der Waals surface area contributed by atoms with E-state index in [1.54, 1.807) is 41.7 Å². The summed E-state index contributed by atoms with van der Waals surface area (Å²) in [6.45, 7) is 1.95. The number of nitrogens with zero attached hydrogens (tertiary/aromatic N) is 1. The zero-order chi connectivity index (χ0) is 22.2. The molecule has 2 aromatic heterocycles. The van der Waals surface area contributed by atoms with Crippen LogP contribution < -0.4 is 5.32 Å². The van der Waals surface area contributed by atoms with Crippen LogP contribution in [0, 0.1) is 6.92 Å². The molecule has 1 amide bonds. The van der Waals surface area contributed by atoms with Crippen molar-refractivity contribution >= 4 is 56.3 Å². The number of rotatable bonds is 4. The molecule has 0 atom stereocenters. The fraction of sp³-hybridized carbons (Fsp3) is 0.0400. The Morgan fingerprint density at radius 3 is 2.53 bits per heavy atom. The van der Waals surface area contributed by atoms with Gasteiger partial charge in [-0.05, 0) is 73.2 Å². The summed E-state index contributed by atoms with van der Waals surface area (Å²) >= 11 is 13.7. The number of anilines is 1. The highest BCUT2D eigenvalue weighted by atomic mass is 35.5. The topological polar surface area (TPSA) is 55.1 Å². The number of carbonyl (C=O) groups is 1. The third kappa shape index (κ3) is 4.02. The van der Waals surface area contributed by atoms with Gasteiger partial charge in [0.1, 0.15) is 10.8 Å². The molecule has 1 N–H and O–H groups in total. The number of nitrogens with one attached hydrogen (secondary N) is 1. The second-order valence-electron chi connectivity index (χ2n) is 7.26. The van der Waals surface area contributed by atoms with E-state index >= 15 is 0 Å².